The summed E-state index contributed by atoms with van der Waals surface area (Å²) in [5.41, 5.74) is 2.85. The second kappa shape index (κ2) is 7.24. The summed E-state index contributed by atoms with van der Waals surface area (Å²) in [4.78, 5) is 2.67. The first-order chi connectivity index (χ1) is 9.67. The Labute approximate surface area is 124 Å². The van der Waals surface area contributed by atoms with E-state index < -0.39 is 0 Å². The Morgan fingerprint density at radius 3 is 2.45 bits per heavy atom. The van der Waals surface area contributed by atoms with Gasteiger partial charge in [0.05, 0.1) is 0 Å². The summed E-state index contributed by atoms with van der Waals surface area (Å²) in [6.07, 6.45) is 3.81. The van der Waals surface area contributed by atoms with Crippen LogP contribution in [0.3, 0.4) is 0 Å². The minimum atomic E-state index is 0.437. The molecule has 1 aliphatic rings. The zero-order valence-electron chi connectivity index (χ0n) is 13.5. The van der Waals surface area contributed by atoms with Crippen LogP contribution >= 0.6 is 0 Å². The normalized spacial score (nSPS) is 22.9. The molecule has 1 N–H and O–H groups in total. The van der Waals surface area contributed by atoms with E-state index in [4.69, 9.17) is 0 Å². The summed E-state index contributed by atoms with van der Waals surface area (Å²) >= 11 is 0. The molecule has 112 valence electrons. The topological polar surface area (TPSA) is 15.3 Å². The minimum absolute atomic E-state index is 0.437. The number of likely N-dealkylation sites (N-methyl/N-ethyl adjacent to an activating group) is 1. The monoisotopic (exact) mass is 274 g/mol. The van der Waals surface area contributed by atoms with Crippen molar-refractivity contribution in [1.29, 1.82) is 0 Å². The van der Waals surface area contributed by atoms with Gasteiger partial charge in [-0.2, -0.15) is 0 Å². The molecule has 1 fully saturated rings. The smallest absolute Gasteiger partial charge is 0.0475 e. The molecule has 20 heavy (non-hydrogen) atoms. The molecule has 0 radical (unpaired) electrons. The van der Waals surface area contributed by atoms with Gasteiger partial charge in [-0.1, -0.05) is 38.1 Å². The summed E-state index contributed by atoms with van der Waals surface area (Å²) in [5.74, 6) is 0. The lowest BCUT2D eigenvalue weighted by molar-refractivity contribution is 0.164. The van der Waals surface area contributed by atoms with E-state index in [0.29, 0.717) is 12.1 Å². The van der Waals surface area contributed by atoms with E-state index >= 15 is 0 Å². The molecule has 3 atom stereocenters. The minimum Gasteiger partial charge on any atom is -0.309 e. The molecule has 1 aliphatic heterocycles. The van der Waals surface area contributed by atoms with Crippen LogP contribution in [-0.4, -0.2) is 30.1 Å². The highest BCUT2D eigenvalue weighted by Gasteiger charge is 2.30. The fraction of sp³-hybridized carbons (Fsp3) is 0.667. The Kier molecular flexibility index (Phi) is 5.62. The first kappa shape index (κ1) is 15.5. The average molecular weight is 274 g/mol. The van der Waals surface area contributed by atoms with Crippen LogP contribution in [0.4, 0.5) is 0 Å². The van der Waals surface area contributed by atoms with Gasteiger partial charge >= 0.3 is 0 Å². The maximum atomic E-state index is 3.69. The molecule has 0 bridgehead atoms. The SMILES string of the molecule is CCNC(c1ccc(CC)cc1)C(C)N1CCCC1C. The third-order valence-corrected chi connectivity index (χ3v) is 4.78. The van der Waals surface area contributed by atoms with E-state index in [2.05, 4.69) is 62.2 Å². The maximum Gasteiger partial charge on any atom is 0.0475 e. The summed E-state index contributed by atoms with van der Waals surface area (Å²) in [5, 5.41) is 3.69. The van der Waals surface area contributed by atoms with Crippen molar-refractivity contribution >= 4 is 0 Å². The number of rotatable bonds is 6. The fourth-order valence-electron chi connectivity index (χ4n) is 3.50. The number of nitrogens with one attached hydrogen (secondary N) is 1. The lowest BCUT2D eigenvalue weighted by Crippen LogP contribution is -2.44. The molecule has 0 aromatic heterocycles. The molecule has 0 aliphatic carbocycles. The van der Waals surface area contributed by atoms with Gasteiger partial charge in [0, 0.05) is 18.1 Å². The summed E-state index contributed by atoms with van der Waals surface area (Å²) in [6.45, 7) is 11.4. The Hall–Kier alpha value is -0.860. The predicted molar refractivity (Wildman–Crippen MR) is 87.1 cm³/mol. The van der Waals surface area contributed by atoms with E-state index in [-0.39, 0.29) is 0 Å². The molecule has 1 heterocycles. The lowest BCUT2D eigenvalue weighted by atomic mass is 9.97. The Morgan fingerprint density at radius 1 is 1.25 bits per heavy atom. The molecule has 1 aromatic rings. The molecular formula is C18H30N2. The van der Waals surface area contributed by atoms with Gasteiger partial charge in [0.1, 0.15) is 0 Å². The molecule has 0 spiro atoms. The maximum absolute atomic E-state index is 3.69. The van der Waals surface area contributed by atoms with Gasteiger partial charge < -0.3 is 5.32 Å². The predicted octanol–water partition coefficient (Wildman–Crippen LogP) is 3.77. The van der Waals surface area contributed by atoms with Crippen LogP contribution in [-0.2, 0) is 6.42 Å². The Morgan fingerprint density at radius 2 is 1.95 bits per heavy atom. The van der Waals surface area contributed by atoms with Gasteiger partial charge in [-0.3, -0.25) is 4.90 Å². The number of hydrogen-bond donors (Lipinski definition) is 1. The van der Waals surface area contributed by atoms with Gasteiger partial charge in [-0.25, -0.2) is 0 Å². The van der Waals surface area contributed by atoms with E-state index in [1.807, 2.05) is 0 Å². The van der Waals surface area contributed by atoms with Gasteiger partial charge in [0.2, 0.25) is 0 Å². The number of nitrogens with zero attached hydrogens (tertiary/aromatic N) is 1. The molecule has 2 nitrogen and oxygen atoms in total. The summed E-state index contributed by atoms with van der Waals surface area (Å²) in [7, 11) is 0. The number of hydrogen-bond acceptors (Lipinski definition) is 2. The first-order valence-corrected chi connectivity index (χ1v) is 8.25. The zero-order valence-corrected chi connectivity index (χ0v) is 13.5. The third kappa shape index (κ3) is 3.42. The Balaban J connectivity index is 2.16. The zero-order chi connectivity index (χ0) is 14.5. The highest BCUT2D eigenvalue weighted by atomic mass is 15.2. The van der Waals surface area contributed by atoms with Gasteiger partial charge in [0.15, 0.2) is 0 Å². The first-order valence-electron chi connectivity index (χ1n) is 8.25. The van der Waals surface area contributed by atoms with Crippen LogP contribution in [0.2, 0.25) is 0 Å². The highest BCUT2D eigenvalue weighted by molar-refractivity contribution is 5.26. The molecule has 2 rings (SSSR count). The van der Waals surface area contributed by atoms with Crippen molar-refractivity contribution in [3.05, 3.63) is 35.4 Å². The van der Waals surface area contributed by atoms with Crippen molar-refractivity contribution in [3.8, 4) is 0 Å². The van der Waals surface area contributed by atoms with Crippen LogP contribution in [0.15, 0.2) is 24.3 Å². The molecule has 0 amide bonds. The van der Waals surface area contributed by atoms with Crippen LogP contribution in [0.5, 0.6) is 0 Å². The molecule has 2 heteroatoms. The largest absolute Gasteiger partial charge is 0.309 e. The standard InChI is InChI=1S/C18H30N2/c1-5-16-9-11-17(12-10-16)18(19-6-2)15(4)20-13-7-8-14(20)3/h9-12,14-15,18-19H,5-8,13H2,1-4H3. The van der Waals surface area contributed by atoms with E-state index in [1.54, 1.807) is 0 Å². The van der Waals surface area contributed by atoms with Gasteiger partial charge in [-0.15, -0.1) is 0 Å². The summed E-state index contributed by atoms with van der Waals surface area (Å²) in [6, 6.07) is 10.9. The van der Waals surface area contributed by atoms with Crippen molar-refractivity contribution in [3.63, 3.8) is 0 Å². The molecular weight excluding hydrogens is 244 g/mol. The van der Waals surface area contributed by atoms with Gasteiger partial charge in [0.25, 0.3) is 0 Å². The molecule has 1 aromatic carbocycles. The molecule has 3 unspecified atom stereocenters. The summed E-state index contributed by atoms with van der Waals surface area (Å²) < 4.78 is 0. The van der Waals surface area contributed by atoms with Crippen LogP contribution < -0.4 is 5.32 Å². The molecule has 1 saturated heterocycles. The second-order valence-electron chi connectivity index (χ2n) is 6.10. The molecule has 0 saturated carbocycles. The van der Waals surface area contributed by atoms with Crippen molar-refractivity contribution in [1.82, 2.24) is 10.2 Å². The highest BCUT2D eigenvalue weighted by Crippen LogP contribution is 2.27. The Bertz CT molecular complexity index is 398. The number of benzene rings is 1. The van der Waals surface area contributed by atoms with Gasteiger partial charge in [-0.05, 0) is 57.3 Å². The number of aryl methyl sites for hydroxylation is 1. The third-order valence-electron chi connectivity index (χ3n) is 4.78. The fourth-order valence-corrected chi connectivity index (χ4v) is 3.50. The van der Waals surface area contributed by atoms with Crippen LogP contribution in [0.1, 0.15) is 57.7 Å². The van der Waals surface area contributed by atoms with Crippen molar-refractivity contribution < 1.29 is 0 Å². The number of likely N-dealkylation sites (tertiary alicyclic amines) is 1. The quantitative estimate of drug-likeness (QED) is 0.849. The second-order valence-corrected chi connectivity index (χ2v) is 6.10. The van der Waals surface area contributed by atoms with E-state index in [9.17, 15) is 0 Å². The van der Waals surface area contributed by atoms with E-state index in [0.717, 1.165) is 19.0 Å². The van der Waals surface area contributed by atoms with Crippen LogP contribution in [0, 0.1) is 0 Å². The average Bonchev–Trinajstić information content (AvgIpc) is 2.90. The van der Waals surface area contributed by atoms with Crippen LogP contribution in [0.25, 0.3) is 0 Å². The van der Waals surface area contributed by atoms with Crippen molar-refractivity contribution in [2.75, 3.05) is 13.1 Å². The van der Waals surface area contributed by atoms with E-state index in [1.165, 1.54) is 30.5 Å². The van der Waals surface area contributed by atoms with Crippen molar-refractivity contribution in [2.45, 2.75) is 65.1 Å². The lowest BCUT2D eigenvalue weighted by Gasteiger charge is -2.35. The van der Waals surface area contributed by atoms with Crippen molar-refractivity contribution in [2.24, 2.45) is 0 Å².